The Hall–Kier alpha value is -1.55. The summed E-state index contributed by atoms with van der Waals surface area (Å²) in [6.45, 7) is 0. The number of anilines is 1. The molecule has 1 heterocycles. The van der Waals surface area contributed by atoms with Crippen LogP contribution in [0.5, 0.6) is 0 Å². The van der Waals surface area contributed by atoms with Gasteiger partial charge in [0.2, 0.25) is 0 Å². The molecule has 2 aromatic carbocycles. The topological polar surface area (TPSA) is 54.0 Å². The fourth-order valence-corrected chi connectivity index (χ4v) is 3.45. The molecule has 0 saturated heterocycles. The Morgan fingerprint density at radius 2 is 1.80 bits per heavy atom. The molecule has 0 aliphatic carbocycles. The lowest BCUT2D eigenvalue weighted by Gasteiger charge is -2.07. The molecule has 0 bridgehead atoms. The zero-order chi connectivity index (χ0) is 17.8. The van der Waals surface area contributed by atoms with Crippen LogP contribution in [0.25, 0.3) is 11.3 Å². The normalized spacial score (nSPS) is 10.3. The summed E-state index contributed by atoms with van der Waals surface area (Å²) in [6.07, 6.45) is 0. The van der Waals surface area contributed by atoms with Gasteiger partial charge in [0.05, 0.1) is 5.69 Å². The first-order chi connectivity index (χ1) is 12.0. The van der Waals surface area contributed by atoms with Gasteiger partial charge in [0.15, 0.2) is 10.2 Å². The van der Waals surface area contributed by atoms with E-state index in [2.05, 4.69) is 38.2 Å². The molecule has 1 aromatic heterocycles. The van der Waals surface area contributed by atoms with Gasteiger partial charge in [-0.3, -0.25) is 10.1 Å². The average Bonchev–Trinajstić information content (AvgIpc) is 3.04. The average molecular weight is 500 g/mol. The number of nitrogens with one attached hydrogen (secondary N) is 2. The zero-order valence-corrected chi connectivity index (χ0v) is 17.2. The number of thiazole rings is 1. The van der Waals surface area contributed by atoms with Crippen LogP contribution in [0.1, 0.15) is 10.4 Å². The summed E-state index contributed by atoms with van der Waals surface area (Å²) in [5.74, 6) is -0.261. The Labute approximate surface area is 172 Å². The van der Waals surface area contributed by atoms with Crippen LogP contribution in [0.2, 0.25) is 5.02 Å². The van der Waals surface area contributed by atoms with E-state index in [1.807, 2.05) is 41.8 Å². The second-order valence-electron chi connectivity index (χ2n) is 4.96. The Morgan fingerprint density at radius 1 is 1.12 bits per heavy atom. The third-order valence-electron chi connectivity index (χ3n) is 3.20. The van der Waals surface area contributed by atoms with Crippen molar-refractivity contribution in [3.05, 3.63) is 68.1 Å². The minimum Gasteiger partial charge on any atom is -0.308 e. The van der Waals surface area contributed by atoms with Crippen LogP contribution in [0, 0.1) is 3.57 Å². The van der Waals surface area contributed by atoms with E-state index >= 15 is 0 Å². The van der Waals surface area contributed by atoms with E-state index < -0.39 is 0 Å². The first-order valence-electron chi connectivity index (χ1n) is 7.10. The highest BCUT2D eigenvalue weighted by Gasteiger charge is 2.10. The number of nitrogens with zero attached hydrogens (tertiary/aromatic N) is 1. The van der Waals surface area contributed by atoms with Crippen molar-refractivity contribution in [2.45, 2.75) is 0 Å². The number of halogens is 2. The van der Waals surface area contributed by atoms with Gasteiger partial charge in [0, 0.05) is 25.1 Å². The van der Waals surface area contributed by atoms with Gasteiger partial charge in [-0.05, 0) is 71.2 Å². The van der Waals surface area contributed by atoms with Crippen LogP contribution in [0.3, 0.4) is 0 Å². The minimum atomic E-state index is -0.261. The molecule has 0 aliphatic rings. The van der Waals surface area contributed by atoms with E-state index in [1.165, 1.54) is 11.3 Å². The van der Waals surface area contributed by atoms with Gasteiger partial charge in [-0.25, -0.2) is 4.98 Å². The smallest absolute Gasteiger partial charge is 0.257 e. The minimum absolute atomic E-state index is 0.209. The van der Waals surface area contributed by atoms with Crippen LogP contribution >= 0.6 is 57.7 Å². The highest BCUT2D eigenvalue weighted by atomic mass is 127. The van der Waals surface area contributed by atoms with Crippen LogP contribution in [0.4, 0.5) is 5.13 Å². The lowest BCUT2D eigenvalue weighted by molar-refractivity contribution is 0.0977. The number of carbonyl (C=O) groups is 1. The van der Waals surface area contributed by atoms with Crippen LogP contribution in [0.15, 0.2) is 53.9 Å². The summed E-state index contributed by atoms with van der Waals surface area (Å²) in [5, 5.41) is 8.99. The molecule has 25 heavy (non-hydrogen) atoms. The molecule has 0 fully saturated rings. The lowest BCUT2D eigenvalue weighted by atomic mass is 10.2. The molecule has 0 radical (unpaired) electrons. The summed E-state index contributed by atoms with van der Waals surface area (Å²) >= 11 is 14.7. The molecule has 0 atom stereocenters. The summed E-state index contributed by atoms with van der Waals surface area (Å²) in [5.41, 5.74) is 2.32. The van der Waals surface area contributed by atoms with Gasteiger partial charge in [0.1, 0.15) is 0 Å². The molecule has 126 valence electrons. The zero-order valence-electron chi connectivity index (χ0n) is 12.6. The maximum absolute atomic E-state index is 12.1. The van der Waals surface area contributed by atoms with Crippen molar-refractivity contribution in [3.63, 3.8) is 0 Å². The number of hydrogen-bond donors (Lipinski definition) is 2. The molecular weight excluding hydrogens is 489 g/mol. The van der Waals surface area contributed by atoms with Gasteiger partial charge in [-0.15, -0.1) is 11.3 Å². The van der Waals surface area contributed by atoms with Crippen molar-refractivity contribution in [2.75, 3.05) is 5.32 Å². The SMILES string of the molecule is O=C(NC(=S)Nc1nc(-c2ccc(Cl)cc2)cs1)c1ccc(I)cc1. The molecule has 8 heteroatoms. The fraction of sp³-hybridized carbons (Fsp3) is 0. The van der Waals surface area contributed by atoms with E-state index in [0.29, 0.717) is 15.7 Å². The molecule has 4 nitrogen and oxygen atoms in total. The molecule has 1 amide bonds. The second-order valence-corrected chi connectivity index (χ2v) is 7.91. The molecule has 0 saturated carbocycles. The van der Waals surface area contributed by atoms with Crippen LogP contribution < -0.4 is 10.6 Å². The van der Waals surface area contributed by atoms with E-state index in [1.54, 1.807) is 12.1 Å². The maximum atomic E-state index is 12.1. The Bertz CT molecular complexity index is 910. The molecular formula is C17H11ClIN3OS2. The van der Waals surface area contributed by atoms with Crippen LogP contribution in [-0.2, 0) is 0 Å². The summed E-state index contributed by atoms with van der Waals surface area (Å²) in [6, 6.07) is 14.7. The first kappa shape index (κ1) is 18.2. The van der Waals surface area contributed by atoms with Gasteiger partial charge in [-0.1, -0.05) is 23.7 Å². The highest BCUT2D eigenvalue weighted by molar-refractivity contribution is 14.1. The summed E-state index contributed by atoms with van der Waals surface area (Å²) in [7, 11) is 0. The Morgan fingerprint density at radius 3 is 2.48 bits per heavy atom. The highest BCUT2D eigenvalue weighted by Crippen LogP contribution is 2.25. The first-order valence-corrected chi connectivity index (χ1v) is 9.85. The number of hydrogen-bond acceptors (Lipinski definition) is 4. The number of carbonyl (C=O) groups excluding carboxylic acids is 1. The molecule has 3 rings (SSSR count). The Balaban J connectivity index is 1.62. The van der Waals surface area contributed by atoms with Gasteiger partial charge in [-0.2, -0.15) is 0 Å². The van der Waals surface area contributed by atoms with E-state index in [0.717, 1.165) is 14.8 Å². The quantitative estimate of drug-likeness (QED) is 0.384. The third kappa shape index (κ3) is 4.97. The predicted molar refractivity (Wildman–Crippen MR) is 115 cm³/mol. The lowest BCUT2D eigenvalue weighted by Crippen LogP contribution is -2.34. The van der Waals surface area contributed by atoms with Crippen molar-refractivity contribution >= 4 is 73.9 Å². The monoisotopic (exact) mass is 499 g/mol. The molecule has 0 spiro atoms. The van der Waals surface area contributed by atoms with Gasteiger partial charge < -0.3 is 5.32 Å². The molecule has 2 N–H and O–H groups in total. The predicted octanol–water partition coefficient (Wildman–Crippen LogP) is 5.19. The second kappa shape index (κ2) is 8.22. The fourth-order valence-electron chi connectivity index (χ4n) is 1.99. The standard InChI is InChI=1S/C17H11ClIN3OS2/c18-12-5-1-10(2-6-12)14-9-25-17(20-14)22-16(24)21-15(23)11-3-7-13(19)8-4-11/h1-9H,(H2,20,21,22,23,24). The van der Waals surface area contributed by atoms with Crippen molar-refractivity contribution in [2.24, 2.45) is 0 Å². The molecule has 0 unspecified atom stereocenters. The van der Waals surface area contributed by atoms with E-state index in [-0.39, 0.29) is 11.0 Å². The number of thiocarbonyl (C=S) groups is 1. The van der Waals surface area contributed by atoms with Gasteiger partial charge in [0.25, 0.3) is 5.91 Å². The van der Waals surface area contributed by atoms with Crippen LogP contribution in [-0.4, -0.2) is 16.0 Å². The molecule has 0 aliphatic heterocycles. The van der Waals surface area contributed by atoms with Crippen molar-refractivity contribution in [3.8, 4) is 11.3 Å². The number of amides is 1. The summed E-state index contributed by atoms with van der Waals surface area (Å²) < 4.78 is 1.06. The van der Waals surface area contributed by atoms with E-state index in [9.17, 15) is 4.79 Å². The number of benzene rings is 2. The van der Waals surface area contributed by atoms with Crippen molar-refractivity contribution < 1.29 is 4.79 Å². The molecule has 3 aromatic rings. The van der Waals surface area contributed by atoms with Crippen molar-refractivity contribution in [1.82, 2.24) is 10.3 Å². The van der Waals surface area contributed by atoms with Gasteiger partial charge >= 0.3 is 0 Å². The third-order valence-corrected chi connectivity index (χ3v) is 5.13. The maximum Gasteiger partial charge on any atom is 0.257 e. The number of rotatable bonds is 3. The number of aromatic nitrogens is 1. The van der Waals surface area contributed by atoms with E-state index in [4.69, 9.17) is 23.8 Å². The Kier molecular flexibility index (Phi) is 6.00. The van der Waals surface area contributed by atoms with Crippen molar-refractivity contribution in [1.29, 1.82) is 0 Å². The summed E-state index contributed by atoms with van der Waals surface area (Å²) in [4.78, 5) is 16.6. The largest absolute Gasteiger partial charge is 0.308 e.